The van der Waals surface area contributed by atoms with E-state index in [0.717, 1.165) is 12.0 Å². The van der Waals surface area contributed by atoms with Gasteiger partial charge in [-0.15, -0.1) is 0 Å². The molecule has 9 heteroatoms. The van der Waals surface area contributed by atoms with Crippen molar-refractivity contribution >= 4 is 56.2 Å². The third kappa shape index (κ3) is 6.45. The largest absolute Gasteiger partial charge is 0.325 e. The molecular formula is C20H22Cl2N2O4S. The lowest BCUT2D eigenvalue weighted by molar-refractivity contribution is -0.115. The predicted octanol–water partition coefficient (Wildman–Crippen LogP) is 4.33. The molecule has 0 aromatic heterocycles. The molecule has 0 radical (unpaired) electrons. The van der Waals surface area contributed by atoms with Gasteiger partial charge in [-0.3, -0.25) is 9.59 Å². The number of anilines is 2. The van der Waals surface area contributed by atoms with Gasteiger partial charge in [0.1, 0.15) is 11.0 Å². The van der Waals surface area contributed by atoms with Crippen molar-refractivity contribution in [2.75, 3.05) is 16.4 Å². The van der Waals surface area contributed by atoms with E-state index in [-0.39, 0.29) is 17.1 Å². The summed E-state index contributed by atoms with van der Waals surface area (Å²) in [6.45, 7) is 3.57. The average Bonchev–Trinajstić information content (AvgIpc) is 2.64. The maximum Gasteiger partial charge on any atom is 0.242 e. The molecule has 0 aliphatic heterocycles. The van der Waals surface area contributed by atoms with E-state index in [4.69, 9.17) is 23.2 Å². The van der Waals surface area contributed by atoms with Crippen molar-refractivity contribution in [1.29, 1.82) is 0 Å². The lowest BCUT2D eigenvalue weighted by Crippen LogP contribution is -2.39. The van der Waals surface area contributed by atoms with Crippen LogP contribution in [0.25, 0.3) is 0 Å². The van der Waals surface area contributed by atoms with E-state index in [1.165, 1.54) is 18.2 Å². The van der Waals surface area contributed by atoms with Crippen LogP contribution in [-0.2, 0) is 25.8 Å². The van der Waals surface area contributed by atoms with Crippen LogP contribution in [0.1, 0.15) is 25.8 Å². The fourth-order valence-corrected chi connectivity index (χ4v) is 4.70. The number of carbonyl (C=O) groups excluding carboxylic acids is 2. The van der Waals surface area contributed by atoms with Gasteiger partial charge in [0.05, 0.1) is 10.7 Å². The molecule has 29 heavy (non-hydrogen) atoms. The van der Waals surface area contributed by atoms with E-state index < -0.39 is 32.7 Å². The fraction of sp³-hybridized carbons (Fsp3) is 0.300. The number of hydrogen-bond donors (Lipinski definition) is 2. The molecule has 0 bridgehead atoms. The first-order valence-electron chi connectivity index (χ1n) is 9.02. The summed E-state index contributed by atoms with van der Waals surface area (Å²) in [7, 11) is -4.04. The van der Waals surface area contributed by atoms with Gasteiger partial charge in [0, 0.05) is 10.7 Å². The lowest BCUT2D eigenvalue weighted by Gasteiger charge is -2.16. The summed E-state index contributed by atoms with van der Waals surface area (Å²) in [6.07, 6.45) is 0.866. The van der Waals surface area contributed by atoms with E-state index in [2.05, 4.69) is 10.6 Å². The highest BCUT2D eigenvalue weighted by molar-refractivity contribution is 7.93. The monoisotopic (exact) mass is 456 g/mol. The van der Waals surface area contributed by atoms with E-state index in [1.807, 2.05) is 19.1 Å². The smallest absolute Gasteiger partial charge is 0.242 e. The van der Waals surface area contributed by atoms with Crippen molar-refractivity contribution in [2.45, 2.75) is 31.9 Å². The Morgan fingerprint density at radius 2 is 1.66 bits per heavy atom. The van der Waals surface area contributed by atoms with Crippen molar-refractivity contribution in [3.8, 4) is 0 Å². The van der Waals surface area contributed by atoms with Gasteiger partial charge in [-0.25, -0.2) is 8.42 Å². The van der Waals surface area contributed by atoms with Crippen molar-refractivity contribution in [3.63, 3.8) is 0 Å². The Hall–Kier alpha value is -2.09. The Labute approximate surface area is 180 Å². The number of nitrogens with one attached hydrogen (secondary N) is 2. The Kier molecular flexibility index (Phi) is 8.07. The molecule has 156 valence electrons. The summed E-state index contributed by atoms with van der Waals surface area (Å²) < 4.78 is 25.3. The molecule has 0 fully saturated rings. The van der Waals surface area contributed by atoms with Crippen LogP contribution in [-0.4, -0.2) is 31.2 Å². The zero-order valence-corrected chi connectivity index (χ0v) is 18.4. The second kappa shape index (κ2) is 10.1. The lowest BCUT2D eigenvalue weighted by atomic mass is 10.1. The zero-order valence-electron chi connectivity index (χ0n) is 16.0. The van der Waals surface area contributed by atoms with Crippen LogP contribution >= 0.6 is 23.2 Å². The van der Waals surface area contributed by atoms with Gasteiger partial charge >= 0.3 is 0 Å². The standard InChI is InChI=1S/C20H22Cl2N2O4S/c1-3-13-5-8-15(9-6-13)23-19(25)12-29(27,28)18(4-2)20(26)24-17-10-7-14(21)11-16(17)22/h5-11,18H,3-4,12H2,1-2H3,(H,23,25)(H,24,26). The third-order valence-corrected chi connectivity index (χ3v) is 6.89. The average molecular weight is 457 g/mol. The van der Waals surface area contributed by atoms with Crippen LogP contribution in [0.15, 0.2) is 42.5 Å². The molecule has 0 heterocycles. The number of carbonyl (C=O) groups is 2. The number of aryl methyl sites for hydroxylation is 1. The highest BCUT2D eigenvalue weighted by Gasteiger charge is 2.33. The summed E-state index contributed by atoms with van der Waals surface area (Å²) in [6, 6.07) is 11.5. The van der Waals surface area contributed by atoms with Crippen LogP contribution in [0.5, 0.6) is 0 Å². The maximum atomic E-state index is 12.7. The number of benzene rings is 2. The molecule has 6 nitrogen and oxygen atoms in total. The second-order valence-electron chi connectivity index (χ2n) is 6.42. The van der Waals surface area contributed by atoms with Crippen molar-refractivity contribution in [1.82, 2.24) is 0 Å². The fourth-order valence-electron chi connectivity index (χ4n) is 2.71. The van der Waals surface area contributed by atoms with Crippen LogP contribution < -0.4 is 10.6 Å². The highest BCUT2D eigenvalue weighted by atomic mass is 35.5. The Morgan fingerprint density at radius 1 is 1.00 bits per heavy atom. The summed E-state index contributed by atoms with van der Waals surface area (Å²) in [5.41, 5.74) is 1.84. The minimum atomic E-state index is -4.04. The van der Waals surface area contributed by atoms with E-state index in [1.54, 1.807) is 19.1 Å². The van der Waals surface area contributed by atoms with Crippen LogP contribution in [0.2, 0.25) is 10.0 Å². The van der Waals surface area contributed by atoms with E-state index >= 15 is 0 Å². The molecule has 1 atom stereocenters. The number of rotatable bonds is 8. The molecule has 2 rings (SSSR count). The summed E-state index contributed by atoms with van der Waals surface area (Å²) in [4.78, 5) is 24.7. The first kappa shape index (κ1) is 23.2. The molecule has 0 saturated carbocycles. The first-order valence-corrected chi connectivity index (χ1v) is 11.5. The normalized spacial score (nSPS) is 12.3. The molecule has 0 aliphatic carbocycles. The van der Waals surface area contributed by atoms with Crippen LogP contribution in [0, 0.1) is 0 Å². The number of sulfone groups is 1. The van der Waals surface area contributed by atoms with Gasteiger partial charge in [-0.1, -0.05) is 49.2 Å². The van der Waals surface area contributed by atoms with Gasteiger partial charge in [-0.05, 0) is 48.7 Å². The van der Waals surface area contributed by atoms with Crippen molar-refractivity contribution in [3.05, 3.63) is 58.1 Å². The molecule has 1 unspecified atom stereocenters. The quantitative estimate of drug-likeness (QED) is 0.618. The van der Waals surface area contributed by atoms with Gasteiger partial charge in [0.2, 0.25) is 11.8 Å². The molecule has 2 aromatic rings. The van der Waals surface area contributed by atoms with Gasteiger partial charge in [0.15, 0.2) is 9.84 Å². The molecule has 0 spiro atoms. The Balaban J connectivity index is 2.07. The molecule has 0 aliphatic rings. The minimum Gasteiger partial charge on any atom is -0.325 e. The highest BCUT2D eigenvalue weighted by Crippen LogP contribution is 2.26. The Morgan fingerprint density at radius 3 is 2.21 bits per heavy atom. The topological polar surface area (TPSA) is 92.3 Å². The summed E-state index contributed by atoms with van der Waals surface area (Å²) in [5, 5.41) is 4.22. The molecule has 2 aromatic carbocycles. The van der Waals surface area contributed by atoms with Crippen molar-refractivity contribution in [2.24, 2.45) is 0 Å². The van der Waals surface area contributed by atoms with E-state index in [9.17, 15) is 18.0 Å². The second-order valence-corrected chi connectivity index (χ2v) is 9.44. The SMILES string of the molecule is CCc1ccc(NC(=O)CS(=O)(=O)C(CC)C(=O)Nc2ccc(Cl)cc2Cl)cc1. The molecule has 2 N–H and O–H groups in total. The number of hydrogen-bond acceptors (Lipinski definition) is 4. The molecule has 0 saturated heterocycles. The third-order valence-electron chi connectivity index (χ3n) is 4.26. The zero-order chi connectivity index (χ0) is 21.6. The molecule has 2 amide bonds. The van der Waals surface area contributed by atoms with Gasteiger partial charge in [-0.2, -0.15) is 0 Å². The molecular weight excluding hydrogens is 435 g/mol. The Bertz CT molecular complexity index is 992. The van der Waals surface area contributed by atoms with Crippen LogP contribution in [0.4, 0.5) is 11.4 Å². The van der Waals surface area contributed by atoms with E-state index in [0.29, 0.717) is 10.7 Å². The summed E-state index contributed by atoms with van der Waals surface area (Å²) >= 11 is 11.8. The number of halogens is 2. The summed E-state index contributed by atoms with van der Waals surface area (Å²) in [5.74, 6) is -2.26. The number of amides is 2. The van der Waals surface area contributed by atoms with Crippen LogP contribution in [0.3, 0.4) is 0 Å². The predicted molar refractivity (Wildman–Crippen MR) is 117 cm³/mol. The minimum absolute atomic E-state index is 0.0118. The maximum absolute atomic E-state index is 12.7. The van der Waals surface area contributed by atoms with Crippen molar-refractivity contribution < 1.29 is 18.0 Å². The first-order chi connectivity index (χ1) is 13.7. The van der Waals surface area contributed by atoms with Gasteiger partial charge in [0.25, 0.3) is 0 Å². The van der Waals surface area contributed by atoms with Gasteiger partial charge < -0.3 is 10.6 Å².